The Kier molecular flexibility index (Phi) is 4.47. The van der Waals surface area contributed by atoms with E-state index < -0.39 is 4.92 Å². The zero-order valence-electron chi connectivity index (χ0n) is 9.51. The third-order valence-corrected chi connectivity index (χ3v) is 2.14. The average Bonchev–Trinajstić information content (AvgIpc) is 2.34. The summed E-state index contributed by atoms with van der Waals surface area (Å²) in [5.74, 6) is 0.717. The minimum Gasteiger partial charge on any atom is -0.493 e. The van der Waals surface area contributed by atoms with Crippen LogP contribution in [0.15, 0.2) is 24.8 Å². The van der Waals surface area contributed by atoms with E-state index in [1.807, 2.05) is 0 Å². The van der Waals surface area contributed by atoms with Crippen LogP contribution in [-0.2, 0) is 6.54 Å². The number of ether oxygens (including phenoxy) is 2. The van der Waals surface area contributed by atoms with Crippen LogP contribution in [0, 0.1) is 10.1 Å². The van der Waals surface area contributed by atoms with Gasteiger partial charge in [-0.2, -0.15) is 0 Å². The molecule has 6 nitrogen and oxygen atoms in total. The van der Waals surface area contributed by atoms with Crippen molar-refractivity contribution in [2.24, 2.45) is 5.73 Å². The summed E-state index contributed by atoms with van der Waals surface area (Å²) in [4.78, 5) is 10.3. The molecule has 0 unspecified atom stereocenters. The highest BCUT2D eigenvalue weighted by Gasteiger charge is 2.18. The fourth-order valence-electron chi connectivity index (χ4n) is 1.35. The molecule has 2 N–H and O–H groups in total. The van der Waals surface area contributed by atoms with Gasteiger partial charge in [0, 0.05) is 12.1 Å². The summed E-state index contributed by atoms with van der Waals surface area (Å²) in [5, 5.41) is 10.8. The normalized spacial score (nSPS) is 9.76. The SMILES string of the molecule is C=CCOc1cc([N+](=O)[O-])c(CN)cc1OC. The van der Waals surface area contributed by atoms with E-state index in [0.717, 1.165) is 0 Å². The Bertz CT molecular complexity index is 432. The molecule has 0 spiro atoms. The van der Waals surface area contributed by atoms with Gasteiger partial charge in [-0.05, 0) is 6.07 Å². The van der Waals surface area contributed by atoms with E-state index in [9.17, 15) is 10.1 Å². The Morgan fingerprint density at radius 2 is 2.24 bits per heavy atom. The zero-order valence-corrected chi connectivity index (χ0v) is 9.51. The number of methoxy groups -OCH3 is 1. The molecule has 0 radical (unpaired) electrons. The number of rotatable bonds is 6. The first-order valence-corrected chi connectivity index (χ1v) is 4.93. The number of nitro groups is 1. The van der Waals surface area contributed by atoms with E-state index in [0.29, 0.717) is 17.1 Å². The second-order valence-electron chi connectivity index (χ2n) is 3.19. The third kappa shape index (κ3) is 2.94. The van der Waals surface area contributed by atoms with E-state index in [2.05, 4.69) is 6.58 Å². The summed E-state index contributed by atoms with van der Waals surface area (Å²) in [5.41, 5.74) is 5.77. The summed E-state index contributed by atoms with van der Waals surface area (Å²) >= 11 is 0. The number of benzene rings is 1. The lowest BCUT2D eigenvalue weighted by molar-refractivity contribution is -0.385. The average molecular weight is 238 g/mol. The fraction of sp³-hybridized carbons (Fsp3) is 0.273. The van der Waals surface area contributed by atoms with Gasteiger partial charge in [-0.3, -0.25) is 10.1 Å². The molecule has 0 atom stereocenters. The molecule has 0 saturated carbocycles. The van der Waals surface area contributed by atoms with Crippen molar-refractivity contribution in [1.82, 2.24) is 0 Å². The van der Waals surface area contributed by atoms with Gasteiger partial charge in [0.05, 0.1) is 18.1 Å². The van der Waals surface area contributed by atoms with Crippen molar-refractivity contribution in [3.63, 3.8) is 0 Å². The van der Waals surface area contributed by atoms with Crippen LogP contribution < -0.4 is 15.2 Å². The number of nitrogens with zero attached hydrogens (tertiary/aromatic N) is 1. The summed E-state index contributed by atoms with van der Waals surface area (Å²) in [6, 6.07) is 2.82. The maximum atomic E-state index is 10.8. The number of nitrogens with two attached hydrogens (primary N) is 1. The van der Waals surface area contributed by atoms with Crippen molar-refractivity contribution in [3.8, 4) is 11.5 Å². The molecule has 17 heavy (non-hydrogen) atoms. The van der Waals surface area contributed by atoms with Crippen LogP contribution in [0.3, 0.4) is 0 Å². The van der Waals surface area contributed by atoms with Gasteiger partial charge in [0.2, 0.25) is 0 Å². The predicted molar refractivity (Wildman–Crippen MR) is 63.2 cm³/mol. The molecule has 1 rings (SSSR count). The van der Waals surface area contributed by atoms with Crippen LogP contribution in [0.1, 0.15) is 5.56 Å². The monoisotopic (exact) mass is 238 g/mol. The maximum absolute atomic E-state index is 10.8. The Balaban J connectivity index is 3.23. The van der Waals surface area contributed by atoms with Crippen molar-refractivity contribution < 1.29 is 14.4 Å². The standard InChI is InChI=1S/C11H14N2O4/c1-3-4-17-11-6-9(13(14)15)8(7-12)5-10(11)16-2/h3,5-6H,1,4,7,12H2,2H3. The summed E-state index contributed by atoms with van der Waals surface area (Å²) < 4.78 is 10.4. The van der Waals surface area contributed by atoms with Gasteiger partial charge in [0.15, 0.2) is 11.5 Å². The molecule has 1 aromatic carbocycles. The molecule has 0 fully saturated rings. The van der Waals surface area contributed by atoms with Gasteiger partial charge in [0.25, 0.3) is 5.69 Å². The van der Waals surface area contributed by atoms with Gasteiger partial charge in [-0.15, -0.1) is 0 Å². The maximum Gasteiger partial charge on any atom is 0.277 e. The molecule has 0 aromatic heterocycles. The van der Waals surface area contributed by atoms with Crippen molar-refractivity contribution in [3.05, 3.63) is 40.5 Å². The quantitative estimate of drug-likeness (QED) is 0.462. The van der Waals surface area contributed by atoms with E-state index in [-0.39, 0.29) is 18.8 Å². The van der Waals surface area contributed by atoms with E-state index in [4.69, 9.17) is 15.2 Å². The topological polar surface area (TPSA) is 87.6 Å². The molecule has 6 heteroatoms. The minimum atomic E-state index is -0.498. The Morgan fingerprint density at radius 3 is 2.71 bits per heavy atom. The van der Waals surface area contributed by atoms with Gasteiger partial charge < -0.3 is 15.2 Å². The molecular formula is C11H14N2O4. The van der Waals surface area contributed by atoms with Crippen molar-refractivity contribution in [2.75, 3.05) is 13.7 Å². The van der Waals surface area contributed by atoms with Crippen molar-refractivity contribution in [1.29, 1.82) is 0 Å². The number of nitro benzene ring substituents is 1. The van der Waals surface area contributed by atoms with E-state index >= 15 is 0 Å². The molecule has 0 saturated heterocycles. The summed E-state index contributed by atoms with van der Waals surface area (Å²) in [6.45, 7) is 3.81. The summed E-state index contributed by atoms with van der Waals surface area (Å²) in [7, 11) is 1.46. The largest absolute Gasteiger partial charge is 0.493 e. The van der Waals surface area contributed by atoms with E-state index in [1.165, 1.54) is 19.2 Å². The van der Waals surface area contributed by atoms with Gasteiger partial charge >= 0.3 is 0 Å². The van der Waals surface area contributed by atoms with Crippen LogP contribution in [0.5, 0.6) is 11.5 Å². The molecule has 0 aliphatic heterocycles. The highest BCUT2D eigenvalue weighted by Crippen LogP contribution is 2.34. The molecule has 0 aliphatic carbocycles. The van der Waals surface area contributed by atoms with Crippen LogP contribution in [0.4, 0.5) is 5.69 Å². The molecular weight excluding hydrogens is 224 g/mol. The smallest absolute Gasteiger partial charge is 0.277 e. The first-order valence-electron chi connectivity index (χ1n) is 4.93. The second-order valence-corrected chi connectivity index (χ2v) is 3.19. The molecule has 0 amide bonds. The molecule has 0 aliphatic rings. The van der Waals surface area contributed by atoms with Crippen LogP contribution in [0.2, 0.25) is 0 Å². The van der Waals surface area contributed by atoms with Crippen molar-refractivity contribution >= 4 is 5.69 Å². The van der Waals surface area contributed by atoms with Gasteiger partial charge in [0.1, 0.15) is 6.61 Å². The molecule has 92 valence electrons. The second kappa shape index (κ2) is 5.86. The lowest BCUT2D eigenvalue weighted by atomic mass is 10.1. The molecule has 1 aromatic rings. The minimum absolute atomic E-state index is 0.0639. The van der Waals surface area contributed by atoms with Crippen LogP contribution in [-0.4, -0.2) is 18.6 Å². The van der Waals surface area contributed by atoms with E-state index in [1.54, 1.807) is 6.08 Å². The van der Waals surface area contributed by atoms with Gasteiger partial charge in [-0.1, -0.05) is 12.7 Å². The molecule has 0 heterocycles. The summed E-state index contributed by atoms with van der Waals surface area (Å²) in [6.07, 6.45) is 1.54. The fourth-order valence-corrected chi connectivity index (χ4v) is 1.35. The number of hydrogen-bond donors (Lipinski definition) is 1. The third-order valence-electron chi connectivity index (χ3n) is 2.14. The predicted octanol–water partition coefficient (Wildman–Crippen LogP) is 1.63. The zero-order chi connectivity index (χ0) is 12.8. The Hall–Kier alpha value is -2.08. The first-order chi connectivity index (χ1) is 8.13. The van der Waals surface area contributed by atoms with Crippen LogP contribution >= 0.6 is 0 Å². The lowest BCUT2D eigenvalue weighted by Gasteiger charge is -2.10. The lowest BCUT2D eigenvalue weighted by Crippen LogP contribution is -2.04. The Labute approximate surface area is 98.8 Å². The highest BCUT2D eigenvalue weighted by molar-refractivity contribution is 5.54. The van der Waals surface area contributed by atoms with Crippen LogP contribution in [0.25, 0.3) is 0 Å². The highest BCUT2D eigenvalue weighted by atomic mass is 16.6. The van der Waals surface area contributed by atoms with Gasteiger partial charge in [-0.25, -0.2) is 0 Å². The van der Waals surface area contributed by atoms with Crippen molar-refractivity contribution in [2.45, 2.75) is 6.54 Å². The molecule has 0 bridgehead atoms. The Morgan fingerprint density at radius 1 is 1.53 bits per heavy atom. The first kappa shape index (κ1) is 13.0. The number of hydrogen-bond acceptors (Lipinski definition) is 5.